The van der Waals surface area contributed by atoms with Gasteiger partial charge in [-0.05, 0) is 35.6 Å². The van der Waals surface area contributed by atoms with E-state index in [1.165, 1.54) is 13.2 Å². The lowest BCUT2D eigenvalue weighted by atomic mass is 9.68. The number of methoxy groups -OCH3 is 1. The number of nitrogens with one attached hydrogen (secondary N) is 1. The molecule has 0 amide bonds. The second kappa shape index (κ2) is 7.12. The van der Waals surface area contributed by atoms with Crippen molar-refractivity contribution in [1.29, 1.82) is 0 Å². The molecule has 4 rings (SSSR count). The molecular formula is C22H23N3O5. The van der Waals surface area contributed by atoms with Gasteiger partial charge < -0.3 is 15.2 Å². The number of phenols is 1. The fourth-order valence-corrected chi connectivity index (χ4v) is 4.38. The van der Waals surface area contributed by atoms with Gasteiger partial charge >= 0.3 is 5.69 Å². The number of aromatic hydroxyl groups is 1. The lowest BCUT2D eigenvalue weighted by Gasteiger charge is -2.37. The van der Waals surface area contributed by atoms with Crippen LogP contribution in [0.5, 0.6) is 11.5 Å². The van der Waals surface area contributed by atoms with Gasteiger partial charge in [0.1, 0.15) is 5.78 Å². The normalized spacial score (nSPS) is 22.1. The SMILES string of the molecule is COc1cc([C@H]2Nc3ccccc3N=C3CC(C)(C)CC(=O)C32)cc([N+](=O)[O-])c1O. The first-order chi connectivity index (χ1) is 14.2. The van der Waals surface area contributed by atoms with E-state index in [9.17, 15) is 20.0 Å². The minimum Gasteiger partial charge on any atom is -0.500 e. The molecule has 2 aromatic rings. The molecule has 1 aliphatic carbocycles. The van der Waals surface area contributed by atoms with Crippen molar-refractivity contribution < 1.29 is 19.6 Å². The summed E-state index contributed by atoms with van der Waals surface area (Å²) in [6, 6.07) is 9.75. The number of hydrogen-bond acceptors (Lipinski definition) is 7. The Morgan fingerprint density at radius 2 is 2.00 bits per heavy atom. The summed E-state index contributed by atoms with van der Waals surface area (Å²) in [5.41, 5.74) is 2.03. The summed E-state index contributed by atoms with van der Waals surface area (Å²) in [7, 11) is 1.33. The van der Waals surface area contributed by atoms with Crippen LogP contribution in [0.2, 0.25) is 0 Å². The fraction of sp³-hybridized carbons (Fsp3) is 0.364. The number of para-hydroxylation sites is 2. The Kier molecular flexibility index (Phi) is 4.72. The molecule has 2 N–H and O–H groups in total. The molecule has 1 unspecified atom stereocenters. The number of ketones is 1. The number of benzene rings is 2. The van der Waals surface area contributed by atoms with Gasteiger partial charge in [-0.15, -0.1) is 0 Å². The summed E-state index contributed by atoms with van der Waals surface area (Å²) in [6.07, 6.45) is 1.04. The zero-order chi connectivity index (χ0) is 21.6. The Morgan fingerprint density at radius 1 is 1.27 bits per heavy atom. The number of carbonyl (C=O) groups excluding carboxylic acids is 1. The Morgan fingerprint density at radius 3 is 2.70 bits per heavy atom. The second-order valence-corrected chi connectivity index (χ2v) is 8.55. The molecule has 2 aliphatic rings. The maximum absolute atomic E-state index is 13.2. The van der Waals surface area contributed by atoms with Crippen molar-refractivity contribution in [3.63, 3.8) is 0 Å². The smallest absolute Gasteiger partial charge is 0.315 e. The van der Waals surface area contributed by atoms with Crippen LogP contribution < -0.4 is 10.1 Å². The van der Waals surface area contributed by atoms with Gasteiger partial charge in [-0.2, -0.15) is 0 Å². The van der Waals surface area contributed by atoms with Gasteiger partial charge in [0, 0.05) is 18.2 Å². The van der Waals surface area contributed by atoms with Crippen LogP contribution in [0.1, 0.15) is 38.3 Å². The number of nitrogens with zero attached hydrogens (tertiary/aromatic N) is 2. The standard InChI is InChI=1S/C22H23N3O5/c1-22(2)10-15-19(17(26)11-22)20(24-14-7-5-4-6-13(14)23-15)12-8-16(25(28)29)21(27)18(9-12)30-3/h4-9,19-20,24,27H,10-11H2,1-3H3/t19?,20-/m1/s1. The van der Waals surface area contributed by atoms with Crippen molar-refractivity contribution in [2.24, 2.45) is 16.3 Å². The average Bonchev–Trinajstić information content (AvgIpc) is 2.83. The monoisotopic (exact) mass is 409 g/mol. The van der Waals surface area contributed by atoms with Crippen LogP contribution >= 0.6 is 0 Å². The number of Topliss-reactive ketones (excluding diaryl/α,β-unsaturated/α-hetero) is 1. The molecule has 30 heavy (non-hydrogen) atoms. The first-order valence-electron chi connectivity index (χ1n) is 9.71. The predicted octanol–water partition coefficient (Wildman–Crippen LogP) is 4.55. The molecule has 2 aromatic carbocycles. The number of anilines is 1. The number of nitro benzene ring substituents is 1. The van der Waals surface area contributed by atoms with Crippen LogP contribution in [0, 0.1) is 21.4 Å². The van der Waals surface area contributed by atoms with Crippen LogP contribution in [0.3, 0.4) is 0 Å². The molecular weight excluding hydrogens is 386 g/mol. The van der Waals surface area contributed by atoms with Crippen LogP contribution in [-0.2, 0) is 4.79 Å². The molecule has 8 nitrogen and oxygen atoms in total. The molecule has 8 heteroatoms. The third-order valence-electron chi connectivity index (χ3n) is 5.68. The van der Waals surface area contributed by atoms with Gasteiger partial charge in [0.05, 0.1) is 35.4 Å². The molecule has 1 fully saturated rings. The number of phenolic OH excluding ortho intramolecular Hbond substituents is 1. The second-order valence-electron chi connectivity index (χ2n) is 8.55. The van der Waals surface area contributed by atoms with Crippen LogP contribution in [0.4, 0.5) is 17.1 Å². The zero-order valence-corrected chi connectivity index (χ0v) is 17.0. The zero-order valence-electron chi connectivity index (χ0n) is 17.0. The molecule has 0 saturated heterocycles. The van der Waals surface area contributed by atoms with Crippen LogP contribution in [-0.4, -0.2) is 28.6 Å². The molecule has 1 aliphatic heterocycles. The number of ether oxygens (including phenoxy) is 1. The van der Waals surface area contributed by atoms with Crippen molar-refractivity contribution in [2.75, 3.05) is 12.4 Å². The van der Waals surface area contributed by atoms with E-state index < -0.39 is 28.3 Å². The number of aliphatic imine (C=N–C) groups is 1. The van der Waals surface area contributed by atoms with E-state index in [1.807, 2.05) is 38.1 Å². The van der Waals surface area contributed by atoms with Gasteiger partial charge in [0.25, 0.3) is 0 Å². The van der Waals surface area contributed by atoms with Gasteiger partial charge in [-0.25, -0.2) is 0 Å². The van der Waals surface area contributed by atoms with Gasteiger partial charge in [-0.3, -0.25) is 19.9 Å². The van der Waals surface area contributed by atoms with Crippen molar-refractivity contribution >= 4 is 28.6 Å². The van der Waals surface area contributed by atoms with E-state index in [4.69, 9.17) is 9.73 Å². The van der Waals surface area contributed by atoms with Crippen molar-refractivity contribution in [3.05, 3.63) is 52.1 Å². The topological polar surface area (TPSA) is 114 Å². The third kappa shape index (κ3) is 3.38. The predicted molar refractivity (Wildman–Crippen MR) is 113 cm³/mol. The largest absolute Gasteiger partial charge is 0.500 e. The number of carbonyl (C=O) groups is 1. The minimum atomic E-state index is -0.660. The van der Waals surface area contributed by atoms with Crippen molar-refractivity contribution in [1.82, 2.24) is 0 Å². The number of nitro groups is 1. The fourth-order valence-electron chi connectivity index (χ4n) is 4.38. The van der Waals surface area contributed by atoms with Crippen LogP contribution in [0.25, 0.3) is 0 Å². The highest BCUT2D eigenvalue weighted by Crippen LogP contribution is 2.47. The minimum absolute atomic E-state index is 0.0133. The molecule has 0 spiro atoms. The van der Waals surface area contributed by atoms with Crippen molar-refractivity contribution in [2.45, 2.75) is 32.7 Å². The molecule has 0 bridgehead atoms. The summed E-state index contributed by atoms with van der Waals surface area (Å²) in [6.45, 7) is 4.08. The summed E-state index contributed by atoms with van der Waals surface area (Å²) in [5, 5.41) is 25.0. The highest BCUT2D eigenvalue weighted by atomic mass is 16.6. The summed E-state index contributed by atoms with van der Waals surface area (Å²) >= 11 is 0. The quantitative estimate of drug-likeness (QED) is 0.568. The summed E-state index contributed by atoms with van der Waals surface area (Å²) in [5.74, 6) is -1.09. The highest BCUT2D eigenvalue weighted by molar-refractivity contribution is 6.10. The van der Waals surface area contributed by atoms with Crippen LogP contribution in [0.15, 0.2) is 41.4 Å². The van der Waals surface area contributed by atoms with Gasteiger partial charge in [-0.1, -0.05) is 26.0 Å². The maximum atomic E-state index is 13.2. The summed E-state index contributed by atoms with van der Waals surface area (Å²) < 4.78 is 5.17. The average molecular weight is 409 g/mol. The molecule has 1 saturated carbocycles. The van der Waals surface area contributed by atoms with E-state index in [0.717, 1.165) is 17.1 Å². The number of hydrogen-bond donors (Lipinski definition) is 2. The Hall–Kier alpha value is -3.42. The van der Waals surface area contributed by atoms with E-state index >= 15 is 0 Å². The third-order valence-corrected chi connectivity index (χ3v) is 5.68. The Labute approximate surface area is 173 Å². The van der Waals surface area contributed by atoms with Crippen molar-refractivity contribution in [3.8, 4) is 11.5 Å². The van der Waals surface area contributed by atoms with E-state index in [1.54, 1.807) is 6.07 Å². The first-order valence-corrected chi connectivity index (χ1v) is 9.71. The molecule has 156 valence electrons. The lowest BCUT2D eigenvalue weighted by molar-refractivity contribution is -0.386. The van der Waals surface area contributed by atoms with Gasteiger partial charge in [0.15, 0.2) is 5.75 Å². The summed E-state index contributed by atoms with van der Waals surface area (Å²) in [4.78, 5) is 28.9. The number of rotatable bonds is 3. The van der Waals surface area contributed by atoms with E-state index in [0.29, 0.717) is 18.4 Å². The Bertz CT molecular complexity index is 1080. The molecule has 1 heterocycles. The molecule has 0 radical (unpaired) electrons. The van der Waals surface area contributed by atoms with E-state index in [-0.39, 0.29) is 16.9 Å². The lowest BCUT2D eigenvalue weighted by Crippen LogP contribution is -2.42. The van der Waals surface area contributed by atoms with E-state index in [2.05, 4.69) is 5.32 Å². The Balaban J connectivity index is 1.91. The molecule has 0 aromatic heterocycles. The maximum Gasteiger partial charge on any atom is 0.315 e. The highest BCUT2D eigenvalue weighted by Gasteiger charge is 2.44. The van der Waals surface area contributed by atoms with Gasteiger partial charge in [0.2, 0.25) is 5.75 Å². The first kappa shape index (κ1) is 19.9. The molecule has 2 atom stereocenters. The number of fused-ring (bicyclic) bond motifs is 2.